The first kappa shape index (κ1) is 12.4. The van der Waals surface area contributed by atoms with Crippen LogP contribution in [0, 0.1) is 11.6 Å². The number of benzene rings is 1. The number of para-hydroxylation sites is 1. The average Bonchev–Trinajstić information content (AvgIpc) is 2.77. The highest BCUT2D eigenvalue weighted by Crippen LogP contribution is 2.19. The van der Waals surface area contributed by atoms with Crippen LogP contribution in [0.3, 0.4) is 0 Å². The standard InChI is InChI=1S/C11H8F2N2O2S/c12-7-2-1-3-8(13)9(7)14-4-6-5-18-10(15-6)11(16)17/h1-3,5,14H,4H2,(H,16,17). The lowest BCUT2D eigenvalue weighted by Crippen LogP contribution is -2.04. The van der Waals surface area contributed by atoms with E-state index in [0.717, 1.165) is 23.5 Å². The quantitative estimate of drug-likeness (QED) is 0.896. The van der Waals surface area contributed by atoms with Crippen LogP contribution in [0.15, 0.2) is 23.6 Å². The summed E-state index contributed by atoms with van der Waals surface area (Å²) in [6.45, 7) is 0.0572. The molecule has 2 rings (SSSR count). The monoisotopic (exact) mass is 270 g/mol. The number of nitrogens with one attached hydrogen (secondary N) is 1. The molecule has 0 fully saturated rings. The molecule has 0 unspecified atom stereocenters. The zero-order valence-electron chi connectivity index (χ0n) is 8.98. The van der Waals surface area contributed by atoms with E-state index < -0.39 is 17.6 Å². The largest absolute Gasteiger partial charge is 0.476 e. The van der Waals surface area contributed by atoms with Gasteiger partial charge in [-0.15, -0.1) is 11.3 Å². The van der Waals surface area contributed by atoms with Gasteiger partial charge in [0, 0.05) is 5.38 Å². The first-order valence-electron chi connectivity index (χ1n) is 4.93. The third-order valence-corrected chi connectivity index (χ3v) is 3.02. The number of carboxylic acids is 1. The van der Waals surface area contributed by atoms with E-state index in [0.29, 0.717) is 5.69 Å². The molecule has 1 aromatic carbocycles. The van der Waals surface area contributed by atoms with Crippen LogP contribution in [0.1, 0.15) is 15.5 Å². The second kappa shape index (κ2) is 5.09. The molecular formula is C11H8F2N2O2S. The fourth-order valence-corrected chi connectivity index (χ4v) is 1.99. The smallest absolute Gasteiger partial charge is 0.365 e. The van der Waals surface area contributed by atoms with Crippen LogP contribution >= 0.6 is 11.3 Å². The maximum atomic E-state index is 13.3. The van der Waals surface area contributed by atoms with E-state index in [-0.39, 0.29) is 17.2 Å². The van der Waals surface area contributed by atoms with Gasteiger partial charge in [-0.3, -0.25) is 0 Å². The number of hydrogen-bond donors (Lipinski definition) is 2. The molecule has 0 aliphatic rings. The maximum absolute atomic E-state index is 13.3. The van der Waals surface area contributed by atoms with Crippen molar-refractivity contribution in [3.8, 4) is 0 Å². The number of carbonyl (C=O) groups is 1. The number of aromatic carboxylic acids is 1. The number of carboxylic acid groups (broad SMARTS) is 1. The molecule has 94 valence electrons. The van der Waals surface area contributed by atoms with Gasteiger partial charge in [0.1, 0.15) is 17.3 Å². The highest BCUT2D eigenvalue weighted by atomic mass is 32.1. The van der Waals surface area contributed by atoms with Crippen LogP contribution in [0.2, 0.25) is 0 Å². The second-order valence-electron chi connectivity index (χ2n) is 3.40. The minimum atomic E-state index is -1.12. The van der Waals surface area contributed by atoms with E-state index in [4.69, 9.17) is 5.11 Å². The average molecular weight is 270 g/mol. The molecule has 0 saturated carbocycles. The van der Waals surface area contributed by atoms with Gasteiger partial charge in [0.25, 0.3) is 0 Å². The molecule has 0 saturated heterocycles. The summed E-state index contributed by atoms with van der Waals surface area (Å²) in [6, 6.07) is 3.53. The zero-order chi connectivity index (χ0) is 13.1. The molecule has 0 atom stereocenters. The van der Waals surface area contributed by atoms with Gasteiger partial charge in [0.15, 0.2) is 0 Å². The van der Waals surface area contributed by atoms with Crippen molar-refractivity contribution in [2.24, 2.45) is 0 Å². The van der Waals surface area contributed by atoms with Gasteiger partial charge in [0.2, 0.25) is 5.01 Å². The molecule has 2 N–H and O–H groups in total. The SMILES string of the molecule is O=C(O)c1nc(CNc2c(F)cccc2F)cs1. The summed E-state index contributed by atoms with van der Waals surface area (Å²) in [4.78, 5) is 14.4. The van der Waals surface area contributed by atoms with Crippen LogP contribution in [0.5, 0.6) is 0 Å². The highest BCUT2D eigenvalue weighted by molar-refractivity contribution is 7.11. The van der Waals surface area contributed by atoms with Crippen LogP contribution in [0.4, 0.5) is 14.5 Å². The second-order valence-corrected chi connectivity index (χ2v) is 4.26. The predicted octanol–water partition coefficient (Wildman–Crippen LogP) is 2.73. The van der Waals surface area contributed by atoms with E-state index in [9.17, 15) is 13.6 Å². The Morgan fingerprint density at radius 1 is 1.39 bits per heavy atom. The van der Waals surface area contributed by atoms with Crippen molar-refractivity contribution in [2.75, 3.05) is 5.32 Å². The third-order valence-electron chi connectivity index (χ3n) is 2.14. The number of nitrogens with zero attached hydrogens (tertiary/aromatic N) is 1. The van der Waals surface area contributed by atoms with Gasteiger partial charge < -0.3 is 10.4 Å². The molecule has 4 nitrogen and oxygen atoms in total. The molecule has 7 heteroatoms. The summed E-state index contributed by atoms with van der Waals surface area (Å²) in [5.74, 6) is -2.53. The molecule has 0 amide bonds. The Balaban J connectivity index is 2.09. The van der Waals surface area contributed by atoms with Crippen molar-refractivity contribution in [1.29, 1.82) is 0 Å². The lowest BCUT2D eigenvalue weighted by atomic mass is 10.3. The molecular weight excluding hydrogens is 262 g/mol. The van der Waals surface area contributed by atoms with E-state index >= 15 is 0 Å². The summed E-state index contributed by atoms with van der Waals surface area (Å²) in [7, 11) is 0. The first-order valence-corrected chi connectivity index (χ1v) is 5.81. The molecule has 0 aliphatic heterocycles. The normalized spacial score (nSPS) is 10.3. The van der Waals surface area contributed by atoms with Gasteiger partial charge in [-0.05, 0) is 12.1 Å². The first-order chi connectivity index (χ1) is 8.58. The minimum absolute atomic E-state index is 0.0548. The summed E-state index contributed by atoms with van der Waals surface area (Å²) in [6.07, 6.45) is 0. The van der Waals surface area contributed by atoms with Crippen molar-refractivity contribution in [2.45, 2.75) is 6.54 Å². The maximum Gasteiger partial charge on any atom is 0.365 e. The van der Waals surface area contributed by atoms with Gasteiger partial charge >= 0.3 is 5.97 Å². The van der Waals surface area contributed by atoms with Gasteiger partial charge in [-0.2, -0.15) is 0 Å². The third kappa shape index (κ3) is 2.62. The summed E-state index contributed by atoms with van der Waals surface area (Å²) < 4.78 is 26.5. The topological polar surface area (TPSA) is 62.2 Å². The van der Waals surface area contributed by atoms with E-state index in [1.54, 1.807) is 0 Å². The lowest BCUT2D eigenvalue weighted by molar-refractivity contribution is 0.0696. The van der Waals surface area contributed by atoms with Crippen molar-refractivity contribution in [1.82, 2.24) is 4.98 Å². The Hall–Kier alpha value is -2.02. The van der Waals surface area contributed by atoms with Gasteiger partial charge in [0.05, 0.1) is 12.2 Å². The molecule has 18 heavy (non-hydrogen) atoms. The Kier molecular flexibility index (Phi) is 3.52. The van der Waals surface area contributed by atoms with Crippen molar-refractivity contribution >= 4 is 23.0 Å². The Labute approximate surface area is 105 Å². The highest BCUT2D eigenvalue weighted by Gasteiger charge is 2.11. The molecule has 1 heterocycles. The Morgan fingerprint density at radius 3 is 2.61 bits per heavy atom. The van der Waals surface area contributed by atoms with Crippen LogP contribution in [-0.2, 0) is 6.54 Å². The number of hydrogen-bond acceptors (Lipinski definition) is 4. The Morgan fingerprint density at radius 2 is 2.06 bits per heavy atom. The van der Waals surface area contributed by atoms with Crippen LogP contribution in [0.25, 0.3) is 0 Å². The van der Waals surface area contributed by atoms with Crippen molar-refractivity contribution in [3.05, 3.63) is 45.9 Å². The number of aromatic nitrogens is 1. The number of anilines is 1. The van der Waals surface area contributed by atoms with Gasteiger partial charge in [-0.25, -0.2) is 18.6 Å². The minimum Gasteiger partial charge on any atom is -0.476 e. The van der Waals surface area contributed by atoms with Gasteiger partial charge in [-0.1, -0.05) is 6.07 Å². The van der Waals surface area contributed by atoms with Crippen LogP contribution < -0.4 is 5.32 Å². The number of rotatable bonds is 4. The fraction of sp³-hybridized carbons (Fsp3) is 0.0909. The predicted molar refractivity (Wildman–Crippen MR) is 62.8 cm³/mol. The number of thiazole rings is 1. The van der Waals surface area contributed by atoms with Crippen molar-refractivity contribution in [3.63, 3.8) is 0 Å². The molecule has 0 bridgehead atoms. The van der Waals surface area contributed by atoms with Crippen molar-refractivity contribution < 1.29 is 18.7 Å². The summed E-state index contributed by atoms with van der Waals surface area (Å²) in [5.41, 5.74) is 0.169. The number of halogens is 2. The summed E-state index contributed by atoms with van der Waals surface area (Å²) >= 11 is 0.963. The van der Waals surface area contributed by atoms with E-state index in [1.165, 1.54) is 11.4 Å². The van der Waals surface area contributed by atoms with E-state index in [2.05, 4.69) is 10.3 Å². The zero-order valence-corrected chi connectivity index (χ0v) is 9.80. The molecule has 0 spiro atoms. The molecule has 1 aromatic heterocycles. The Bertz CT molecular complexity index is 566. The summed E-state index contributed by atoms with van der Waals surface area (Å²) in [5, 5.41) is 12.7. The molecule has 0 aliphatic carbocycles. The lowest BCUT2D eigenvalue weighted by Gasteiger charge is -2.06. The van der Waals surface area contributed by atoms with E-state index in [1.807, 2.05) is 0 Å². The molecule has 2 aromatic rings. The molecule has 0 radical (unpaired) electrons. The van der Waals surface area contributed by atoms with Crippen LogP contribution in [-0.4, -0.2) is 16.1 Å². The fourth-order valence-electron chi connectivity index (χ4n) is 1.33.